The normalized spacial score (nSPS) is 21.1. The molecule has 1 saturated heterocycles. The molecule has 152 valence electrons. The van der Waals surface area contributed by atoms with Crippen LogP contribution in [0.5, 0.6) is 0 Å². The van der Waals surface area contributed by atoms with Gasteiger partial charge in [-0.1, -0.05) is 24.3 Å². The number of hydrogen-bond acceptors (Lipinski definition) is 3. The standard InChI is InChI=1S/C21H33N3O2.HI/c1-17-6-4-5-7-19(17)21(9-10-21)16-23-20(22-2)24-11-8-18(14-24)15-26-13-12-25-3;/h4-7,18H,8-16H2,1-3H3,(H,22,23);1H. The van der Waals surface area contributed by atoms with Gasteiger partial charge in [-0.3, -0.25) is 4.99 Å². The second kappa shape index (κ2) is 10.6. The zero-order chi connectivity index (χ0) is 18.4. The molecule has 0 radical (unpaired) electrons. The van der Waals surface area contributed by atoms with Gasteiger partial charge in [0.25, 0.3) is 0 Å². The first-order valence-corrected chi connectivity index (χ1v) is 9.77. The lowest BCUT2D eigenvalue weighted by atomic mass is 9.92. The number of aryl methyl sites for hydroxylation is 1. The number of nitrogens with one attached hydrogen (secondary N) is 1. The number of halogens is 1. The summed E-state index contributed by atoms with van der Waals surface area (Å²) in [6.07, 6.45) is 3.69. The Hall–Kier alpha value is -0.860. The Kier molecular flexibility index (Phi) is 8.82. The van der Waals surface area contributed by atoms with Gasteiger partial charge in [0.05, 0.1) is 19.8 Å². The van der Waals surface area contributed by atoms with Gasteiger partial charge in [0, 0.05) is 45.1 Å². The first-order chi connectivity index (χ1) is 12.7. The van der Waals surface area contributed by atoms with Crippen molar-refractivity contribution in [3.05, 3.63) is 35.4 Å². The lowest BCUT2D eigenvalue weighted by Gasteiger charge is -2.25. The second-order valence-electron chi connectivity index (χ2n) is 7.66. The molecule has 1 aromatic carbocycles. The van der Waals surface area contributed by atoms with Crippen molar-refractivity contribution in [2.45, 2.75) is 31.6 Å². The summed E-state index contributed by atoms with van der Waals surface area (Å²) in [7, 11) is 3.60. The van der Waals surface area contributed by atoms with Crippen molar-refractivity contribution in [2.75, 3.05) is 53.6 Å². The molecule has 0 bridgehead atoms. The fraction of sp³-hybridized carbons (Fsp3) is 0.667. The Morgan fingerprint density at radius 1 is 1.30 bits per heavy atom. The third kappa shape index (κ3) is 5.81. The van der Waals surface area contributed by atoms with E-state index in [1.54, 1.807) is 7.11 Å². The average molecular weight is 487 g/mol. The largest absolute Gasteiger partial charge is 0.382 e. The highest BCUT2D eigenvalue weighted by Crippen LogP contribution is 2.48. The molecular weight excluding hydrogens is 453 g/mol. The Labute approximate surface area is 180 Å². The van der Waals surface area contributed by atoms with E-state index in [1.165, 1.54) is 24.0 Å². The Morgan fingerprint density at radius 2 is 2.07 bits per heavy atom. The van der Waals surface area contributed by atoms with Crippen LogP contribution in [0.1, 0.15) is 30.4 Å². The molecule has 1 aliphatic heterocycles. The lowest BCUT2D eigenvalue weighted by molar-refractivity contribution is 0.0536. The number of ether oxygens (including phenoxy) is 2. The van der Waals surface area contributed by atoms with Gasteiger partial charge in [0.15, 0.2) is 5.96 Å². The number of benzene rings is 1. The Morgan fingerprint density at radius 3 is 2.74 bits per heavy atom. The van der Waals surface area contributed by atoms with Crippen molar-refractivity contribution in [3.8, 4) is 0 Å². The van der Waals surface area contributed by atoms with E-state index in [-0.39, 0.29) is 24.0 Å². The molecule has 1 aliphatic carbocycles. The molecule has 0 aromatic heterocycles. The van der Waals surface area contributed by atoms with Crippen LogP contribution < -0.4 is 5.32 Å². The predicted molar refractivity (Wildman–Crippen MR) is 121 cm³/mol. The van der Waals surface area contributed by atoms with E-state index in [1.807, 2.05) is 7.05 Å². The van der Waals surface area contributed by atoms with Crippen LogP contribution in [0.25, 0.3) is 0 Å². The van der Waals surface area contributed by atoms with E-state index in [2.05, 4.69) is 46.4 Å². The van der Waals surface area contributed by atoms with Crippen molar-refractivity contribution in [2.24, 2.45) is 10.9 Å². The molecule has 2 fully saturated rings. The maximum Gasteiger partial charge on any atom is 0.193 e. The fourth-order valence-corrected chi connectivity index (χ4v) is 3.99. The first kappa shape index (κ1) is 22.4. The van der Waals surface area contributed by atoms with E-state index < -0.39 is 0 Å². The molecule has 27 heavy (non-hydrogen) atoms. The van der Waals surface area contributed by atoms with Crippen LogP contribution in [-0.4, -0.2) is 64.5 Å². The maximum absolute atomic E-state index is 5.70. The number of hydrogen-bond donors (Lipinski definition) is 1. The number of aliphatic imine (C=N–C) groups is 1. The zero-order valence-corrected chi connectivity index (χ0v) is 19.2. The molecule has 1 heterocycles. The smallest absolute Gasteiger partial charge is 0.193 e. The van der Waals surface area contributed by atoms with Gasteiger partial charge in [-0.05, 0) is 37.3 Å². The van der Waals surface area contributed by atoms with Gasteiger partial charge < -0.3 is 19.7 Å². The Bertz CT molecular complexity index is 619. The van der Waals surface area contributed by atoms with E-state index in [0.717, 1.165) is 38.6 Å². The topological polar surface area (TPSA) is 46.1 Å². The molecule has 6 heteroatoms. The number of guanidine groups is 1. The monoisotopic (exact) mass is 487 g/mol. The highest BCUT2D eigenvalue weighted by molar-refractivity contribution is 14.0. The van der Waals surface area contributed by atoms with Crippen LogP contribution in [0.4, 0.5) is 0 Å². The Balaban J connectivity index is 0.00000261. The zero-order valence-electron chi connectivity index (χ0n) is 16.9. The first-order valence-electron chi connectivity index (χ1n) is 9.77. The van der Waals surface area contributed by atoms with Gasteiger partial charge in [-0.25, -0.2) is 0 Å². The average Bonchev–Trinajstić information content (AvgIpc) is 3.29. The molecule has 1 atom stereocenters. The van der Waals surface area contributed by atoms with Crippen LogP contribution in [0.2, 0.25) is 0 Å². The minimum absolute atomic E-state index is 0. The van der Waals surface area contributed by atoms with Gasteiger partial charge in [-0.15, -0.1) is 24.0 Å². The molecular formula is C21H34IN3O2. The number of likely N-dealkylation sites (tertiary alicyclic amines) is 1. The summed E-state index contributed by atoms with van der Waals surface area (Å²) in [5.74, 6) is 1.61. The predicted octanol–water partition coefficient (Wildman–Crippen LogP) is 3.20. The van der Waals surface area contributed by atoms with Crippen LogP contribution >= 0.6 is 24.0 Å². The summed E-state index contributed by atoms with van der Waals surface area (Å²) in [4.78, 5) is 6.91. The van der Waals surface area contributed by atoms with Crippen LogP contribution in [0.3, 0.4) is 0 Å². The molecule has 0 amide bonds. The molecule has 1 aromatic rings. The van der Waals surface area contributed by atoms with Crippen molar-refractivity contribution >= 4 is 29.9 Å². The van der Waals surface area contributed by atoms with Gasteiger partial charge in [0.1, 0.15) is 0 Å². The molecule has 0 spiro atoms. The van der Waals surface area contributed by atoms with Gasteiger partial charge >= 0.3 is 0 Å². The maximum atomic E-state index is 5.70. The molecule has 3 rings (SSSR count). The lowest BCUT2D eigenvalue weighted by Crippen LogP contribution is -2.43. The van der Waals surface area contributed by atoms with E-state index in [0.29, 0.717) is 24.5 Å². The SMILES string of the molecule is CN=C(NCC1(c2ccccc2C)CC1)N1CCC(COCCOC)C1.I. The molecule has 1 saturated carbocycles. The summed E-state index contributed by atoms with van der Waals surface area (Å²) < 4.78 is 10.7. The summed E-state index contributed by atoms with van der Waals surface area (Å²) in [5, 5.41) is 3.65. The highest BCUT2D eigenvalue weighted by atomic mass is 127. The van der Waals surface area contributed by atoms with E-state index >= 15 is 0 Å². The summed E-state index contributed by atoms with van der Waals surface area (Å²) in [6.45, 7) is 7.41. The number of nitrogens with zero attached hydrogens (tertiary/aromatic N) is 2. The summed E-state index contributed by atoms with van der Waals surface area (Å²) in [5.41, 5.74) is 3.19. The molecule has 1 unspecified atom stereocenters. The molecule has 1 N–H and O–H groups in total. The quantitative estimate of drug-likeness (QED) is 0.265. The van der Waals surface area contributed by atoms with Gasteiger partial charge in [-0.2, -0.15) is 0 Å². The van der Waals surface area contributed by atoms with Crippen molar-refractivity contribution in [1.29, 1.82) is 0 Å². The van der Waals surface area contributed by atoms with E-state index in [4.69, 9.17) is 9.47 Å². The van der Waals surface area contributed by atoms with Crippen molar-refractivity contribution < 1.29 is 9.47 Å². The van der Waals surface area contributed by atoms with Crippen molar-refractivity contribution in [3.63, 3.8) is 0 Å². The summed E-state index contributed by atoms with van der Waals surface area (Å²) in [6, 6.07) is 8.79. The molecule has 2 aliphatic rings. The second-order valence-corrected chi connectivity index (χ2v) is 7.66. The van der Waals surface area contributed by atoms with Crippen LogP contribution in [0.15, 0.2) is 29.3 Å². The van der Waals surface area contributed by atoms with Crippen LogP contribution in [0, 0.1) is 12.8 Å². The van der Waals surface area contributed by atoms with E-state index in [9.17, 15) is 0 Å². The van der Waals surface area contributed by atoms with Crippen molar-refractivity contribution in [1.82, 2.24) is 10.2 Å². The fourth-order valence-electron chi connectivity index (χ4n) is 3.99. The third-order valence-electron chi connectivity index (χ3n) is 5.74. The minimum Gasteiger partial charge on any atom is -0.382 e. The van der Waals surface area contributed by atoms with Crippen LogP contribution in [-0.2, 0) is 14.9 Å². The van der Waals surface area contributed by atoms with Gasteiger partial charge in [0.2, 0.25) is 0 Å². The molecule has 5 nitrogen and oxygen atoms in total. The highest BCUT2D eigenvalue weighted by Gasteiger charge is 2.45. The third-order valence-corrected chi connectivity index (χ3v) is 5.74. The minimum atomic E-state index is 0. The number of methoxy groups -OCH3 is 1. The summed E-state index contributed by atoms with van der Waals surface area (Å²) >= 11 is 0. The number of rotatable bonds is 8.